The van der Waals surface area contributed by atoms with Crippen molar-refractivity contribution in [2.75, 3.05) is 32.5 Å². The number of rotatable bonds is 5. The first kappa shape index (κ1) is 11.9. The third-order valence-corrected chi connectivity index (χ3v) is 2.76. The Bertz CT molecular complexity index is 487. The van der Waals surface area contributed by atoms with E-state index in [1.165, 1.54) is 5.52 Å². The first-order valence-corrected chi connectivity index (χ1v) is 6.06. The van der Waals surface area contributed by atoms with Crippen LogP contribution in [0.4, 0.5) is 5.95 Å². The first-order chi connectivity index (χ1) is 8.22. The minimum absolute atomic E-state index is 0.894. The molecule has 17 heavy (non-hydrogen) atoms. The average molecular weight is 232 g/mol. The third kappa shape index (κ3) is 2.58. The summed E-state index contributed by atoms with van der Waals surface area (Å²) in [7, 11) is 4.18. The predicted octanol–water partition coefficient (Wildman–Crippen LogP) is 2.03. The zero-order valence-electron chi connectivity index (χ0n) is 10.8. The second-order valence-electron chi connectivity index (χ2n) is 4.41. The number of benzene rings is 1. The molecule has 1 aromatic heterocycles. The first-order valence-electron chi connectivity index (χ1n) is 6.06. The van der Waals surface area contributed by atoms with Crippen LogP contribution in [0.15, 0.2) is 24.3 Å². The lowest BCUT2D eigenvalue weighted by atomic mass is 10.3. The van der Waals surface area contributed by atoms with Gasteiger partial charge < -0.3 is 14.8 Å². The van der Waals surface area contributed by atoms with Crippen molar-refractivity contribution < 1.29 is 0 Å². The van der Waals surface area contributed by atoms with Crippen molar-refractivity contribution in [3.05, 3.63) is 24.3 Å². The van der Waals surface area contributed by atoms with Crippen molar-refractivity contribution in [1.82, 2.24) is 14.5 Å². The summed E-state index contributed by atoms with van der Waals surface area (Å²) in [4.78, 5) is 6.80. The van der Waals surface area contributed by atoms with Gasteiger partial charge in [0, 0.05) is 19.6 Å². The molecule has 92 valence electrons. The number of imidazole rings is 1. The maximum absolute atomic E-state index is 4.61. The second kappa shape index (κ2) is 5.19. The van der Waals surface area contributed by atoms with Crippen LogP contribution in [0, 0.1) is 0 Å². The Morgan fingerprint density at radius 1 is 1.29 bits per heavy atom. The fourth-order valence-electron chi connectivity index (χ4n) is 1.89. The Kier molecular flexibility index (Phi) is 3.64. The van der Waals surface area contributed by atoms with Gasteiger partial charge in [-0.15, -0.1) is 0 Å². The summed E-state index contributed by atoms with van der Waals surface area (Å²) < 4.78 is 2.25. The lowest BCUT2D eigenvalue weighted by Gasteiger charge is -2.13. The van der Waals surface area contributed by atoms with E-state index in [1.807, 2.05) is 6.07 Å². The van der Waals surface area contributed by atoms with Crippen molar-refractivity contribution >= 4 is 17.0 Å². The molecule has 0 saturated heterocycles. The highest BCUT2D eigenvalue weighted by molar-refractivity contribution is 5.78. The zero-order chi connectivity index (χ0) is 12.3. The minimum atomic E-state index is 0.894. The molecule has 0 unspecified atom stereocenters. The fourth-order valence-corrected chi connectivity index (χ4v) is 1.89. The summed E-state index contributed by atoms with van der Waals surface area (Å²) in [6.45, 7) is 4.95. The lowest BCUT2D eigenvalue weighted by molar-refractivity contribution is 0.387. The molecule has 1 heterocycles. The van der Waals surface area contributed by atoms with Crippen LogP contribution in [-0.4, -0.2) is 41.6 Å². The van der Waals surface area contributed by atoms with Gasteiger partial charge in [0.05, 0.1) is 11.0 Å². The Balaban J connectivity index is 2.37. The predicted molar refractivity (Wildman–Crippen MR) is 72.5 cm³/mol. The molecule has 0 radical (unpaired) electrons. The van der Waals surface area contributed by atoms with Gasteiger partial charge in [0.2, 0.25) is 5.95 Å². The van der Waals surface area contributed by atoms with Crippen LogP contribution in [0.25, 0.3) is 11.0 Å². The van der Waals surface area contributed by atoms with E-state index in [9.17, 15) is 0 Å². The van der Waals surface area contributed by atoms with E-state index in [4.69, 9.17) is 0 Å². The number of likely N-dealkylation sites (N-methyl/N-ethyl adjacent to an activating group) is 1. The van der Waals surface area contributed by atoms with E-state index >= 15 is 0 Å². The molecule has 1 N–H and O–H groups in total. The Hall–Kier alpha value is -1.55. The topological polar surface area (TPSA) is 33.1 Å². The van der Waals surface area contributed by atoms with E-state index in [1.54, 1.807) is 0 Å². The van der Waals surface area contributed by atoms with Gasteiger partial charge >= 0.3 is 0 Å². The van der Waals surface area contributed by atoms with Crippen molar-refractivity contribution in [3.63, 3.8) is 0 Å². The van der Waals surface area contributed by atoms with Crippen LogP contribution >= 0.6 is 0 Å². The fraction of sp³-hybridized carbons (Fsp3) is 0.462. The molecule has 2 rings (SSSR count). The summed E-state index contributed by atoms with van der Waals surface area (Å²) in [5.41, 5.74) is 2.26. The summed E-state index contributed by atoms with van der Waals surface area (Å²) in [6.07, 6.45) is 0. The van der Waals surface area contributed by atoms with Crippen LogP contribution in [0.5, 0.6) is 0 Å². The normalized spacial score (nSPS) is 11.3. The Morgan fingerprint density at radius 3 is 2.76 bits per heavy atom. The summed E-state index contributed by atoms with van der Waals surface area (Å²) in [6, 6.07) is 8.27. The van der Waals surface area contributed by atoms with Gasteiger partial charge in [0.25, 0.3) is 0 Å². The quantitative estimate of drug-likeness (QED) is 0.856. The average Bonchev–Trinajstić information content (AvgIpc) is 2.64. The smallest absolute Gasteiger partial charge is 0.203 e. The standard InChI is InChI=1S/C13H20N4/c1-4-14-13-15-11-7-5-6-8-12(11)17(13)10-9-16(2)3/h5-8H,4,9-10H2,1-3H3,(H,14,15). The SMILES string of the molecule is CCNc1nc2ccccc2n1CCN(C)C. The highest BCUT2D eigenvalue weighted by Gasteiger charge is 2.09. The second-order valence-corrected chi connectivity index (χ2v) is 4.41. The maximum Gasteiger partial charge on any atom is 0.203 e. The van der Waals surface area contributed by atoms with E-state index in [0.717, 1.165) is 31.1 Å². The summed E-state index contributed by atoms with van der Waals surface area (Å²) in [5, 5.41) is 3.32. The summed E-state index contributed by atoms with van der Waals surface area (Å²) >= 11 is 0. The van der Waals surface area contributed by atoms with Gasteiger partial charge in [0.15, 0.2) is 0 Å². The monoisotopic (exact) mass is 232 g/mol. The lowest BCUT2D eigenvalue weighted by Crippen LogP contribution is -2.19. The van der Waals surface area contributed by atoms with Gasteiger partial charge in [-0.1, -0.05) is 12.1 Å². The molecular weight excluding hydrogens is 212 g/mol. The Labute approximate surface area is 102 Å². The van der Waals surface area contributed by atoms with Crippen LogP contribution in [-0.2, 0) is 6.54 Å². The van der Waals surface area contributed by atoms with Gasteiger partial charge in [-0.3, -0.25) is 0 Å². The van der Waals surface area contributed by atoms with Gasteiger partial charge in [-0.2, -0.15) is 0 Å². The largest absolute Gasteiger partial charge is 0.356 e. The molecule has 2 aromatic rings. The minimum Gasteiger partial charge on any atom is -0.356 e. The summed E-state index contributed by atoms with van der Waals surface area (Å²) in [5.74, 6) is 0.968. The molecule has 0 bridgehead atoms. The highest BCUT2D eigenvalue weighted by atomic mass is 15.2. The number of nitrogens with one attached hydrogen (secondary N) is 1. The van der Waals surface area contributed by atoms with Crippen molar-refractivity contribution in [3.8, 4) is 0 Å². The van der Waals surface area contributed by atoms with E-state index in [0.29, 0.717) is 0 Å². The third-order valence-electron chi connectivity index (χ3n) is 2.76. The number of anilines is 1. The molecule has 4 nitrogen and oxygen atoms in total. The number of nitrogens with zero attached hydrogens (tertiary/aromatic N) is 3. The van der Waals surface area contributed by atoms with E-state index in [-0.39, 0.29) is 0 Å². The molecule has 0 aliphatic carbocycles. The number of fused-ring (bicyclic) bond motifs is 1. The van der Waals surface area contributed by atoms with Crippen molar-refractivity contribution in [2.45, 2.75) is 13.5 Å². The van der Waals surface area contributed by atoms with E-state index in [2.05, 4.69) is 59.0 Å². The molecule has 4 heteroatoms. The molecule has 0 aliphatic rings. The van der Waals surface area contributed by atoms with Crippen LogP contribution in [0.2, 0.25) is 0 Å². The molecule has 0 saturated carbocycles. The number of hydrogen-bond acceptors (Lipinski definition) is 3. The molecule has 0 fully saturated rings. The Morgan fingerprint density at radius 2 is 2.06 bits per heavy atom. The molecule has 0 atom stereocenters. The number of hydrogen-bond donors (Lipinski definition) is 1. The van der Waals surface area contributed by atoms with Gasteiger partial charge in [0.1, 0.15) is 0 Å². The maximum atomic E-state index is 4.61. The molecule has 0 spiro atoms. The molecular formula is C13H20N4. The molecule has 1 aromatic carbocycles. The van der Waals surface area contributed by atoms with Gasteiger partial charge in [-0.05, 0) is 33.2 Å². The highest BCUT2D eigenvalue weighted by Crippen LogP contribution is 2.19. The van der Waals surface area contributed by atoms with Crippen molar-refractivity contribution in [2.24, 2.45) is 0 Å². The van der Waals surface area contributed by atoms with Crippen LogP contribution < -0.4 is 5.32 Å². The zero-order valence-corrected chi connectivity index (χ0v) is 10.8. The number of aromatic nitrogens is 2. The van der Waals surface area contributed by atoms with Crippen molar-refractivity contribution in [1.29, 1.82) is 0 Å². The molecule has 0 aliphatic heterocycles. The van der Waals surface area contributed by atoms with Crippen LogP contribution in [0.1, 0.15) is 6.92 Å². The number of para-hydroxylation sites is 2. The van der Waals surface area contributed by atoms with Gasteiger partial charge in [-0.25, -0.2) is 4.98 Å². The van der Waals surface area contributed by atoms with Crippen LogP contribution in [0.3, 0.4) is 0 Å². The van der Waals surface area contributed by atoms with E-state index < -0.39 is 0 Å². The molecule has 0 amide bonds.